The van der Waals surface area contributed by atoms with E-state index in [1.165, 1.54) is 6.07 Å². The number of benzene rings is 1. The van der Waals surface area contributed by atoms with Gasteiger partial charge in [0.15, 0.2) is 5.82 Å². The van der Waals surface area contributed by atoms with Crippen LogP contribution in [0.1, 0.15) is 32.8 Å². The van der Waals surface area contributed by atoms with Crippen LogP contribution in [-0.4, -0.2) is 31.2 Å². The van der Waals surface area contributed by atoms with Crippen molar-refractivity contribution < 1.29 is 13.2 Å². The topological polar surface area (TPSA) is 84.3 Å². The highest BCUT2D eigenvalue weighted by molar-refractivity contribution is 7.92. The van der Waals surface area contributed by atoms with Crippen molar-refractivity contribution in [3.05, 3.63) is 36.0 Å². The molecule has 0 atom stereocenters. The van der Waals surface area contributed by atoms with E-state index in [0.29, 0.717) is 13.0 Å². The van der Waals surface area contributed by atoms with Gasteiger partial charge in [0.05, 0.1) is 4.90 Å². The smallest absolute Gasteiger partial charge is 0.263 e. The number of carbonyl (C=O) groups is 1. The van der Waals surface area contributed by atoms with E-state index in [-0.39, 0.29) is 16.6 Å². The van der Waals surface area contributed by atoms with Crippen molar-refractivity contribution >= 4 is 27.4 Å². The molecule has 1 aromatic carbocycles. The maximum absolute atomic E-state index is 12.7. The lowest BCUT2D eigenvalue weighted by Crippen LogP contribution is -2.39. The average Bonchev–Trinajstić information content (AvgIpc) is 2.99. The normalized spacial score (nSPS) is 16.6. The quantitative estimate of drug-likeness (QED) is 0.905. The largest absolute Gasteiger partial charge is 0.315 e. The zero-order valence-corrected chi connectivity index (χ0v) is 15.6. The summed E-state index contributed by atoms with van der Waals surface area (Å²) in [5.74, 6) is 0.308. The molecule has 0 spiro atoms. The molecule has 3 rings (SSSR count). The summed E-state index contributed by atoms with van der Waals surface area (Å²) in [4.78, 5) is 13.8. The highest BCUT2D eigenvalue weighted by Crippen LogP contribution is 2.40. The lowest BCUT2D eigenvalue weighted by Gasteiger charge is -2.37. The Kier molecular flexibility index (Phi) is 4.10. The predicted molar refractivity (Wildman–Crippen MR) is 96.2 cm³/mol. The molecule has 2 aromatic rings. The van der Waals surface area contributed by atoms with Crippen LogP contribution in [0.15, 0.2) is 35.4 Å². The number of carbonyl (C=O) groups excluding carboxylic acids is 1. The molecule has 0 saturated carbocycles. The molecule has 1 aromatic heterocycles. The molecule has 1 aliphatic rings. The molecule has 25 heavy (non-hydrogen) atoms. The summed E-state index contributed by atoms with van der Waals surface area (Å²) in [5.41, 5.74) is 1.17. The number of aryl methyl sites for hydroxylation is 1. The standard InChI is InChI=1S/C17H22N4O3S/c1-5-21-9-8-15(18-21)19-25(23,24)12-6-7-14-13(10-12)17(2,3)11-16(22)20(14)4/h6-10H,5,11H2,1-4H3,(H,18,19). The second-order valence-electron chi connectivity index (χ2n) is 6.85. The van der Waals surface area contributed by atoms with Gasteiger partial charge in [0.2, 0.25) is 5.91 Å². The number of sulfonamides is 1. The van der Waals surface area contributed by atoms with Crippen LogP contribution in [0.25, 0.3) is 0 Å². The second-order valence-corrected chi connectivity index (χ2v) is 8.54. The molecule has 0 fully saturated rings. The maximum Gasteiger partial charge on any atom is 0.263 e. The van der Waals surface area contributed by atoms with E-state index in [1.54, 1.807) is 41.0 Å². The van der Waals surface area contributed by atoms with Crippen LogP contribution >= 0.6 is 0 Å². The van der Waals surface area contributed by atoms with Gasteiger partial charge in [-0.15, -0.1) is 0 Å². The predicted octanol–water partition coefficient (Wildman–Crippen LogP) is 2.35. The van der Waals surface area contributed by atoms with E-state index in [2.05, 4.69) is 9.82 Å². The summed E-state index contributed by atoms with van der Waals surface area (Å²) in [6, 6.07) is 6.48. The van der Waals surface area contributed by atoms with Crippen LogP contribution in [0.3, 0.4) is 0 Å². The first-order valence-corrected chi connectivity index (χ1v) is 9.60. The Labute approximate surface area is 147 Å². The van der Waals surface area contributed by atoms with E-state index < -0.39 is 15.4 Å². The van der Waals surface area contributed by atoms with Gasteiger partial charge in [0, 0.05) is 43.4 Å². The Morgan fingerprint density at radius 3 is 2.64 bits per heavy atom. The Morgan fingerprint density at radius 1 is 1.28 bits per heavy atom. The minimum Gasteiger partial charge on any atom is -0.315 e. The van der Waals surface area contributed by atoms with E-state index in [4.69, 9.17) is 0 Å². The van der Waals surface area contributed by atoms with Gasteiger partial charge in [0.25, 0.3) is 10.0 Å². The number of nitrogens with one attached hydrogen (secondary N) is 1. The van der Waals surface area contributed by atoms with Gasteiger partial charge >= 0.3 is 0 Å². The molecule has 0 radical (unpaired) electrons. The van der Waals surface area contributed by atoms with Crippen molar-refractivity contribution in [1.29, 1.82) is 0 Å². The summed E-state index contributed by atoms with van der Waals surface area (Å²) < 4.78 is 29.6. The molecular formula is C17H22N4O3S. The third-order valence-corrected chi connectivity index (χ3v) is 5.89. The van der Waals surface area contributed by atoms with Crippen molar-refractivity contribution in [1.82, 2.24) is 9.78 Å². The molecule has 134 valence electrons. The van der Waals surface area contributed by atoms with Crippen LogP contribution < -0.4 is 9.62 Å². The van der Waals surface area contributed by atoms with Gasteiger partial charge < -0.3 is 4.90 Å². The van der Waals surface area contributed by atoms with Gasteiger partial charge in [-0.1, -0.05) is 13.8 Å². The summed E-state index contributed by atoms with van der Waals surface area (Å²) in [6.45, 7) is 6.48. The number of hydrogen-bond acceptors (Lipinski definition) is 4. The van der Waals surface area contributed by atoms with E-state index in [1.807, 2.05) is 20.8 Å². The Morgan fingerprint density at radius 2 is 2.00 bits per heavy atom. The van der Waals surface area contributed by atoms with Crippen LogP contribution in [0, 0.1) is 0 Å². The number of rotatable bonds is 4. The van der Waals surface area contributed by atoms with Crippen LogP contribution in [0.4, 0.5) is 11.5 Å². The monoisotopic (exact) mass is 362 g/mol. The Bertz CT molecular complexity index is 931. The number of hydrogen-bond donors (Lipinski definition) is 1. The highest BCUT2D eigenvalue weighted by Gasteiger charge is 2.36. The number of anilines is 2. The summed E-state index contributed by atoms with van der Waals surface area (Å²) in [5, 5.41) is 4.15. The fourth-order valence-electron chi connectivity index (χ4n) is 3.03. The first-order valence-electron chi connectivity index (χ1n) is 8.11. The SMILES string of the molecule is CCn1ccc(NS(=O)(=O)c2ccc3c(c2)C(C)(C)CC(=O)N3C)n1. The van der Waals surface area contributed by atoms with Gasteiger partial charge in [-0.3, -0.25) is 14.2 Å². The zero-order valence-electron chi connectivity index (χ0n) is 14.8. The second kappa shape index (κ2) is 5.87. The van der Waals surface area contributed by atoms with Crippen molar-refractivity contribution in [2.45, 2.75) is 44.0 Å². The molecule has 0 saturated heterocycles. The summed E-state index contributed by atoms with van der Waals surface area (Å²) in [6.07, 6.45) is 2.06. The van der Waals surface area contributed by atoms with Gasteiger partial charge in [-0.25, -0.2) is 8.42 Å². The number of aromatic nitrogens is 2. The minimum absolute atomic E-state index is 0.0244. The molecule has 1 aliphatic heterocycles. The van der Waals surface area contributed by atoms with Crippen LogP contribution in [-0.2, 0) is 26.8 Å². The third kappa shape index (κ3) is 3.13. The highest BCUT2D eigenvalue weighted by atomic mass is 32.2. The first-order chi connectivity index (χ1) is 11.6. The molecule has 1 N–H and O–H groups in total. The molecule has 0 aliphatic carbocycles. The number of amides is 1. The van der Waals surface area contributed by atoms with Crippen molar-refractivity contribution in [3.63, 3.8) is 0 Å². The summed E-state index contributed by atoms with van der Waals surface area (Å²) in [7, 11) is -2.04. The Hall–Kier alpha value is -2.35. The molecule has 7 nitrogen and oxygen atoms in total. The van der Waals surface area contributed by atoms with Crippen molar-refractivity contribution in [2.24, 2.45) is 0 Å². The molecule has 1 amide bonds. The zero-order chi connectivity index (χ0) is 18.4. The lowest BCUT2D eigenvalue weighted by atomic mass is 9.77. The molecular weight excluding hydrogens is 340 g/mol. The fourth-order valence-corrected chi connectivity index (χ4v) is 4.05. The lowest BCUT2D eigenvalue weighted by molar-refractivity contribution is -0.119. The van der Waals surface area contributed by atoms with Crippen LogP contribution in [0.2, 0.25) is 0 Å². The summed E-state index contributed by atoms with van der Waals surface area (Å²) >= 11 is 0. The molecule has 2 heterocycles. The van der Waals surface area contributed by atoms with E-state index in [0.717, 1.165) is 11.3 Å². The van der Waals surface area contributed by atoms with Crippen LogP contribution in [0.5, 0.6) is 0 Å². The van der Waals surface area contributed by atoms with Gasteiger partial charge in [-0.05, 0) is 30.7 Å². The molecule has 0 unspecified atom stereocenters. The van der Waals surface area contributed by atoms with Gasteiger partial charge in [0.1, 0.15) is 0 Å². The van der Waals surface area contributed by atoms with Crippen molar-refractivity contribution in [3.8, 4) is 0 Å². The van der Waals surface area contributed by atoms with E-state index in [9.17, 15) is 13.2 Å². The minimum atomic E-state index is -3.75. The van der Waals surface area contributed by atoms with E-state index >= 15 is 0 Å². The fraction of sp³-hybridized carbons (Fsp3) is 0.412. The molecule has 0 bridgehead atoms. The Balaban J connectivity index is 1.99. The number of nitrogens with zero attached hydrogens (tertiary/aromatic N) is 3. The third-order valence-electron chi connectivity index (χ3n) is 4.54. The van der Waals surface area contributed by atoms with Gasteiger partial charge in [-0.2, -0.15) is 5.10 Å². The average molecular weight is 362 g/mol. The number of fused-ring (bicyclic) bond motifs is 1. The maximum atomic E-state index is 12.7. The molecule has 8 heteroatoms. The first kappa shape index (κ1) is 17.5. The van der Waals surface area contributed by atoms with Crippen molar-refractivity contribution in [2.75, 3.05) is 16.7 Å².